The monoisotopic (exact) mass is 675 g/mol. The van der Waals surface area contributed by atoms with Gasteiger partial charge in [0.05, 0.1) is 13.2 Å². The Morgan fingerprint density at radius 3 is 1.76 bits per heavy atom. The number of carbonyl (C=O) groups is 3. The van der Waals surface area contributed by atoms with Crippen molar-refractivity contribution in [3.05, 3.63) is 24.3 Å². The summed E-state index contributed by atoms with van der Waals surface area (Å²) in [6, 6.07) is -1.53. The number of carboxylic acid groups (broad SMARTS) is 1. The SMILES string of the molecule is CCCCCCCCCCCCC/C=C/C=C/C(=O)O[C@@H](COC(=O)CCCCCCCCC)COP(=O)(O)OC[C@H](N)C(=O)O. The van der Waals surface area contributed by atoms with Crippen LogP contribution in [0.15, 0.2) is 24.3 Å². The highest BCUT2D eigenvalue weighted by molar-refractivity contribution is 7.47. The van der Waals surface area contributed by atoms with Crippen LogP contribution in [0.5, 0.6) is 0 Å². The van der Waals surface area contributed by atoms with Crippen molar-refractivity contribution in [2.75, 3.05) is 19.8 Å². The van der Waals surface area contributed by atoms with E-state index in [1.807, 2.05) is 6.08 Å². The Labute approximate surface area is 277 Å². The van der Waals surface area contributed by atoms with Gasteiger partial charge in [-0.15, -0.1) is 0 Å². The van der Waals surface area contributed by atoms with E-state index in [1.54, 1.807) is 12.2 Å². The number of esters is 2. The molecule has 0 aliphatic heterocycles. The molecule has 3 atom stereocenters. The normalized spacial score (nSPS) is 14.3. The van der Waals surface area contributed by atoms with Gasteiger partial charge in [-0.25, -0.2) is 9.36 Å². The average Bonchev–Trinajstić information content (AvgIpc) is 3.02. The molecule has 12 heteroatoms. The lowest BCUT2D eigenvalue weighted by atomic mass is 10.1. The number of rotatable bonds is 32. The molecule has 0 aromatic heterocycles. The van der Waals surface area contributed by atoms with Crippen molar-refractivity contribution in [1.82, 2.24) is 0 Å². The van der Waals surface area contributed by atoms with E-state index in [-0.39, 0.29) is 6.42 Å². The molecule has 0 aliphatic rings. The Hall–Kier alpha value is -2.04. The van der Waals surface area contributed by atoms with Gasteiger partial charge in [-0.2, -0.15) is 0 Å². The van der Waals surface area contributed by atoms with E-state index in [4.69, 9.17) is 24.8 Å². The molecule has 46 heavy (non-hydrogen) atoms. The molecule has 0 fully saturated rings. The summed E-state index contributed by atoms with van der Waals surface area (Å²) in [5, 5.41) is 8.81. The van der Waals surface area contributed by atoms with Gasteiger partial charge in [-0.1, -0.05) is 135 Å². The summed E-state index contributed by atoms with van der Waals surface area (Å²) in [5.74, 6) is -2.65. The number of allylic oxidation sites excluding steroid dienone is 3. The lowest BCUT2D eigenvalue weighted by Gasteiger charge is -2.19. The topological polar surface area (TPSA) is 172 Å². The van der Waals surface area contributed by atoms with Crippen LogP contribution in [0.2, 0.25) is 0 Å². The van der Waals surface area contributed by atoms with Crippen LogP contribution in [0, 0.1) is 0 Å². The molecule has 0 radical (unpaired) electrons. The van der Waals surface area contributed by atoms with Crippen LogP contribution in [0.1, 0.15) is 142 Å². The second-order valence-electron chi connectivity index (χ2n) is 11.7. The maximum absolute atomic E-state index is 12.4. The highest BCUT2D eigenvalue weighted by Crippen LogP contribution is 2.43. The molecule has 268 valence electrons. The molecule has 0 spiro atoms. The van der Waals surface area contributed by atoms with E-state index < -0.39 is 57.7 Å². The Balaban J connectivity index is 4.57. The van der Waals surface area contributed by atoms with Crippen molar-refractivity contribution in [2.45, 2.75) is 154 Å². The van der Waals surface area contributed by atoms with E-state index in [9.17, 15) is 23.8 Å². The summed E-state index contributed by atoms with van der Waals surface area (Å²) in [7, 11) is -4.72. The second-order valence-corrected chi connectivity index (χ2v) is 13.2. The van der Waals surface area contributed by atoms with Gasteiger partial charge in [0.2, 0.25) is 0 Å². The van der Waals surface area contributed by atoms with Crippen LogP contribution in [0.25, 0.3) is 0 Å². The van der Waals surface area contributed by atoms with Gasteiger partial charge in [-0.3, -0.25) is 18.6 Å². The van der Waals surface area contributed by atoms with Gasteiger partial charge in [0.1, 0.15) is 12.6 Å². The maximum atomic E-state index is 12.4. The molecule has 0 aromatic carbocycles. The van der Waals surface area contributed by atoms with Gasteiger partial charge in [0, 0.05) is 12.5 Å². The van der Waals surface area contributed by atoms with Gasteiger partial charge >= 0.3 is 25.7 Å². The summed E-state index contributed by atoms with van der Waals surface area (Å²) in [6.45, 7) is 2.60. The Kier molecular flexibility index (Phi) is 29.0. The molecule has 0 saturated carbocycles. The first-order valence-electron chi connectivity index (χ1n) is 17.4. The van der Waals surface area contributed by atoms with E-state index in [0.717, 1.165) is 32.1 Å². The first kappa shape index (κ1) is 44.0. The average molecular weight is 676 g/mol. The molecule has 4 N–H and O–H groups in total. The van der Waals surface area contributed by atoms with Crippen LogP contribution in [0.3, 0.4) is 0 Å². The quantitative estimate of drug-likeness (QED) is 0.0208. The van der Waals surface area contributed by atoms with Crippen LogP contribution in [-0.2, 0) is 37.5 Å². The fourth-order valence-electron chi connectivity index (χ4n) is 4.50. The number of unbranched alkanes of at least 4 members (excludes halogenated alkanes) is 17. The van der Waals surface area contributed by atoms with Crippen LogP contribution in [-0.4, -0.2) is 59.9 Å². The number of nitrogens with two attached hydrogens (primary N) is 1. The molecule has 0 aliphatic carbocycles. The Bertz CT molecular complexity index is 895. The third kappa shape index (κ3) is 29.4. The minimum Gasteiger partial charge on any atom is -0.480 e. The molecular formula is C34H62NO10P. The standard InChI is InChI=1S/C34H62NO10P/c1-3-5-7-9-11-12-13-14-15-16-17-18-20-22-24-26-33(37)45-30(28-43-46(40,41)44-29-31(35)34(38)39)27-42-32(36)25-23-21-19-10-8-6-4-2/h20,22,24,26,30-31H,3-19,21,23,25,27-29,35H2,1-2H3,(H,38,39)(H,40,41)/b22-20+,26-24+/t30-,31-/m0/s1. The third-order valence-electron chi connectivity index (χ3n) is 7.31. The number of hydrogen-bond acceptors (Lipinski definition) is 9. The largest absolute Gasteiger partial charge is 0.480 e. The highest BCUT2D eigenvalue weighted by atomic mass is 31.2. The van der Waals surface area contributed by atoms with Gasteiger partial charge in [-0.05, 0) is 19.3 Å². The zero-order valence-electron chi connectivity index (χ0n) is 28.4. The fraction of sp³-hybridized carbons (Fsp3) is 0.794. The van der Waals surface area contributed by atoms with Crippen molar-refractivity contribution in [3.8, 4) is 0 Å². The van der Waals surface area contributed by atoms with E-state index in [0.29, 0.717) is 6.42 Å². The van der Waals surface area contributed by atoms with Crippen molar-refractivity contribution >= 4 is 25.7 Å². The molecule has 0 saturated heterocycles. The molecule has 0 bridgehead atoms. The lowest BCUT2D eigenvalue weighted by Crippen LogP contribution is -2.34. The Morgan fingerprint density at radius 1 is 0.717 bits per heavy atom. The number of phosphoric acid groups is 1. The Morgan fingerprint density at radius 2 is 1.22 bits per heavy atom. The molecule has 0 rings (SSSR count). The number of phosphoric ester groups is 1. The molecule has 11 nitrogen and oxygen atoms in total. The van der Waals surface area contributed by atoms with Crippen LogP contribution >= 0.6 is 7.82 Å². The van der Waals surface area contributed by atoms with Crippen molar-refractivity contribution in [3.63, 3.8) is 0 Å². The minimum atomic E-state index is -4.72. The lowest BCUT2D eigenvalue weighted by molar-refractivity contribution is -0.157. The number of hydrogen-bond donors (Lipinski definition) is 3. The van der Waals surface area contributed by atoms with Gasteiger partial charge in [0.15, 0.2) is 6.10 Å². The molecule has 1 unspecified atom stereocenters. The second kappa shape index (κ2) is 30.3. The van der Waals surface area contributed by atoms with Crippen molar-refractivity contribution in [2.24, 2.45) is 5.73 Å². The fourth-order valence-corrected chi connectivity index (χ4v) is 5.28. The zero-order valence-corrected chi connectivity index (χ0v) is 29.3. The van der Waals surface area contributed by atoms with Crippen LogP contribution < -0.4 is 5.73 Å². The minimum absolute atomic E-state index is 0.202. The molecular weight excluding hydrogens is 613 g/mol. The number of carbonyl (C=O) groups excluding carboxylic acids is 2. The summed E-state index contributed by atoms with van der Waals surface area (Å²) in [4.78, 5) is 45.3. The highest BCUT2D eigenvalue weighted by Gasteiger charge is 2.27. The van der Waals surface area contributed by atoms with Gasteiger partial charge < -0.3 is 25.2 Å². The number of ether oxygens (including phenoxy) is 2. The molecule has 0 amide bonds. The predicted octanol–water partition coefficient (Wildman–Crippen LogP) is 7.94. The van der Waals surface area contributed by atoms with Crippen LogP contribution in [0.4, 0.5) is 0 Å². The maximum Gasteiger partial charge on any atom is 0.472 e. The first-order chi connectivity index (χ1) is 22.1. The predicted molar refractivity (Wildman–Crippen MR) is 180 cm³/mol. The van der Waals surface area contributed by atoms with Crippen molar-refractivity contribution < 1.29 is 47.5 Å². The smallest absolute Gasteiger partial charge is 0.472 e. The van der Waals surface area contributed by atoms with Gasteiger partial charge in [0.25, 0.3) is 0 Å². The summed E-state index contributed by atoms with van der Waals surface area (Å²) >= 11 is 0. The zero-order chi connectivity index (χ0) is 34.3. The molecule has 0 heterocycles. The van der Waals surface area contributed by atoms with E-state index in [1.165, 1.54) is 89.5 Å². The molecule has 0 aromatic rings. The summed E-state index contributed by atoms with van der Waals surface area (Å²) < 4.78 is 32.2. The third-order valence-corrected chi connectivity index (χ3v) is 8.26. The van der Waals surface area contributed by atoms with E-state index >= 15 is 0 Å². The first-order valence-corrected chi connectivity index (χ1v) is 18.9. The summed E-state index contributed by atoms with van der Waals surface area (Å²) in [5.41, 5.74) is 5.28. The number of aliphatic carboxylic acids is 1. The number of carboxylic acids is 1. The van der Waals surface area contributed by atoms with Crippen molar-refractivity contribution in [1.29, 1.82) is 0 Å². The van der Waals surface area contributed by atoms with E-state index in [2.05, 4.69) is 18.4 Å². The summed E-state index contributed by atoms with van der Waals surface area (Å²) in [6.07, 6.45) is 27.7.